The van der Waals surface area contributed by atoms with Gasteiger partial charge in [0.15, 0.2) is 0 Å². The predicted molar refractivity (Wildman–Crippen MR) is 73.9 cm³/mol. The van der Waals surface area contributed by atoms with Gasteiger partial charge in [-0.3, -0.25) is 0 Å². The van der Waals surface area contributed by atoms with Crippen molar-refractivity contribution in [2.45, 2.75) is 19.7 Å². The van der Waals surface area contributed by atoms with Gasteiger partial charge in [0, 0.05) is 5.56 Å². The first kappa shape index (κ1) is 15.9. The molecule has 0 heterocycles. The molecular weight excluding hydrogens is 297 g/mol. The van der Waals surface area contributed by atoms with E-state index >= 15 is 0 Å². The van der Waals surface area contributed by atoms with Gasteiger partial charge in [0.05, 0.1) is 11.1 Å². The molecule has 0 aliphatic heterocycles. The third-order valence-electron chi connectivity index (χ3n) is 3.08. The number of carboxylic acid groups (broad SMARTS) is 1. The number of aryl methyl sites for hydroxylation is 1. The summed E-state index contributed by atoms with van der Waals surface area (Å²) in [5.74, 6) is -0.961. The van der Waals surface area contributed by atoms with E-state index in [1.165, 1.54) is 0 Å². The Morgan fingerprint density at radius 1 is 1.14 bits per heavy atom. The molecule has 0 aliphatic carbocycles. The van der Waals surface area contributed by atoms with Crippen LogP contribution in [0.2, 0.25) is 0 Å². The summed E-state index contributed by atoms with van der Waals surface area (Å²) in [5.41, 5.74) is -0.516. The topological polar surface area (TPSA) is 46.5 Å². The normalized spacial score (nSPS) is 11.3. The first-order valence-electron chi connectivity index (χ1n) is 6.40. The van der Waals surface area contributed by atoms with Crippen molar-refractivity contribution < 1.29 is 27.8 Å². The molecule has 2 aromatic carbocycles. The van der Waals surface area contributed by atoms with Crippen molar-refractivity contribution in [2.24, 2.45) is 0 Å². The van der Waals surface area contributed by atoms with Crippen molar-refractivity contribution in [1.82, 2.24) is 0 Å². The molecule has 3 nitrogen and oxygen atoms in total. The van der Waals surface area contributed by atoms with Gasteiger partial charge in [-0.05, 0) is 31.2 Å². The Hall–Kier alpha value is -2.50. The van der Waals surface area contributed by atoms with Gasteiger partial charge in [0.25, 0.3) is 0 Å². The number of benzene rings is 2. The van der Waals surface area contributed by atoms with E-state index in [1.807, 2.05) is 6.92 Å². The van der Waals surface area contributed by atoms with Gasteiger partial charge in [-0.2, -0.15) is 13.2 Å². The van der Waals surface area contributed by atoms with Crippen LogP contribution >= 0.6 is 0 Å². The van der Waals surface area contributed by atoms with E-state index in [1.54, 1.807) is 24.3 Å². The maximum Gasteiger partial charge on any atom is 0.416 e. The van der Waals surface area contributed by atoms with E-state index in [0.717, 1.165) is 17.7 Å². The van der Waals surface area contributed by atoms with Gasteiger partial charge >= 0.3 is 12.1 Å². The third kappa shape index (κ3) is 3.78. The van der Waals surface area contributed by atoms with Crippen LogP contribution in [0.4, 0.5) is 13.2 Å². The molecule has 0 saturated heterocycles. The molecule has 0 unspecified atom stereocenters. The van der Waals surface area contributed by atoms with Crippen molar-refractivity contribution in [1.29, 1.82) is 0 Å². The second-order valence-electron chi connectivity index (χ2n) is 4.78. The van der Waals surface area contributed by atoms with Crippen LogP contribution in [0.3, 0.4) is 0 Å². The van der Waals surface area contributed by atoms with Crippen LogP contribution in [0.1, 0.15) is 27.0 Å². The highest BCUT2D eigenvalue weighted by molar-refractivity contribution is 5.88. The number of carbonyl (C=O) groups is 1. The number of halogens is 3. The molecule has 6 heteroatoms. The van der Waals surface area contributed by atoms with Crippen molar-refractivity contribution in [3.05, 3.63) is 64.7 Å². The number of alkyl halides is 3. The van der Waals surface area contributed by atoms with E-state index in [4.69, 9.17) is 9.84 Å². The van der Waals surface area contributed by atoms with Gasteiger partial charge in [0.2, 0.25) is 0 Å². The number of carboxylic acids is 1. The first-order valence-corrected chi connectivity index (χ1v) is 6.40. The lowest BCUT2D eigenvalue weighted by atomic mass is 10.0. The summed E-state index contributed by atoms with van der Waals surface area (Å²) < 4.78 is 44.4. The molecule has 0 saturated carbocycles. The summed E-state index contributed by atoms with van der Waals surface area (Å²) in [4.78, 5) is 10.8. The zero-order valence-corrected chi connectivity index (χ0v) is 11.6. The minimum atomic E-state index is -4.64. The van der Waals surface area contributed by atoms with Crippen LogP contribution in [0, 0.1) is 6.92 Å². The minimum Gasteiger partial charge on any atom is -0.489 e. The lowest BCUT2D eigenvalue weighted by Crippen LogP contribution is -2.13. The van der Waals surface area contributed by atoms with Crippen LogP contribution in [0.15, 0.2) is 42.5 Å². The lowest BCUT2D eigenvalue weighted by molar-refractivity contribution is -0.138. The van der Waals surface area contributed by atoms with Crippen LogP contribution < -0.4 is 4.74 Å². The third-order valence-corrected chi connectivity index (χ3v) is 3.08. The maximum atomic E-state index is 13.0. The SMILES string of the molecule is Cc1ccc(OCc2ccc(C(=O)O)cc2C(F)(F)F)cc1. The maximum absolute atomic E-state index is 13.0. The van der Waals surface area contributed by atoms with Crippen molar-refractivity contribution in [2.75, 3.05) is 0 Å². The number of hydrogen-bond donors (Lipinski definition) is 1. The molecule has 2 aromatic rings. The molecule has 0 spiro atoms. The second-order valence-corrected chi connectivity index (χ2v) is 4.78. The van der Waals surface area contributed by atoms with E-state index in [2.05, 4.69) is 0 Å². The molecule has 0 fully saturated rings. The number of hydrogen-bond acceptors (Lipinski definition) is 2. The molecule has 0 aromatic heterocycles. The highest BCUT2D eigenvalue weighted by Gasteiger charge is 2.34. The van der Waals surface area contributed by atoms with Crippen molar-refractivity contribution >= 4 is 5.97 Å². The lowest BCUT2D eigenvalue weighted by Gasteiger charge is -2.14. The average Bonchev–Trinajstić information content (AvgIpc) is 2.45. The molecule has 22 heavy (non-hydrogen) atoms. The van der Waals surface area contributed by atoms with Crippen molar-refractivity contribution in [3.8, 4) is 5.75 Å². The zero-order valence-electron chi connectivity index (χ0n) is 11.6. The Morgan fingerprint density at radius 3 is 2.32 bits per heavy atom. The Labute approximate surface area is 125 Å². The number of aromatic carboxylic acids is 1. The molecule has 1 N–H and O–H groups in total. The Bertz CT molecular complexity index is 676. The van der Waals surface area contributed by atoms with Gasteiger partial charge in [0.1, 0.15) is 12.4 Å². The smallest absolute Gasteiger partial charge is 0.416 e. The summed E-state index contributed by atoms with van der Waals surface area (Å²) in [5, 5.41) is 8.80. The Kier molecular flexibility index (Phi) is 4.40. The minimum absolute atomic E-state index is 0.113. The summed E-state index contributed by atoms with van der Waals surface area (Å²) in [6.07, 6.45) is -4.64. The highest BCUT2D eigenvalue weighted by atomic mass is 19.4. The van der Waals surface area contributed by atoms with E-state index in [9.17, 15) is 18.0 Å². The first-order chi connectivity index (χ1) is 10.3. The molecule has 0 atom stereocenters. The van der Waals surface area contributed by atoms with Crippen LogP contribution in [0.5, 0.6) is 5.75 Å². The molecule has 0 amide bonds. The zero-order chi connectivity index (χ0) is 16.3. The quantitative estimate of drug-likeness (QED) is 0.916. The standard InChI is InChI=1S/C16H13F3O3/c1-10-2-6-13(7-3-10)22-9-12-5-4-11(15(20)21)8-14(12)16(17,18)19/h2-8H,9H2,1H3,(H,20,21). The van der Waals surface area contributed by atoms with Gasteiger partial charge in [-0.1, -0.05) is 23.8 Å². The summed E-state index contributed by atoms with van der Waals surface area (Å²) >= 11 is 0. The monoisotopic (exact) mass is 310 g/mol. The fourth-order valence-electron chi connectivity index (χ4n) is 1.89. The molecule has 2 rings (SSSR count). The Balaban J connectivity index is 2.26. The summed E-state index contributed by atoms with van der Waals surface area (Å²) in [6, 6.07) is 9.77. The van der Waals surface area contributed by atoms with Gasteiger partial charge in [-0.15, -0.1) is 0 Å². The van der Waals surface area contributed by atoms with Gasteiger partial charge < -0.3 is 9.84 Å². The van der Waals surface area contributed by atoms with Crippen LogP contribution in [-0.4, -0.2) is 11.1 Å². The molecule has 0 bridgehead atoms. The van der Waals surface area contributed by atoms with Crippen LogP contribution in [0.25, 0.3) is 0 Å². The largest absolute Gasteiger partial charge is 0.489 e. The molecule has 0 radical (unpaired) electrons. The average molecular weight is 310 g/mol. The van der Waals surface area contributed by atoms with E-state index < -0.39 is 23.3 Å². The highest BCUT2D eigenvalue weighted by Crippen LogP contribution is 2.33. The van der Waals surface area contributed by atoms with Crippen molar-refractivity contribution in [3.63, 3.8) is 0 Å². The van der Waals surface area contributed by atoms with E-state index in [-0.39, 0.29) is 12.2 Å². The van der Waals surface area contributed by atoms with Crippen LogP contribution in [-0.2, 0) is 12.8 Å². The molecular formula is C16H13F3O3. The predicted octanol–water partition coefficient (Wildman–Crippen LogP) is 4.29. The summed E-state index contributed by atoms with van der Waals surface area (Å²) in [7, 11) is 0. The molecule has 0 aliphatic rings. The Morgan fingerprint density at radius 2 is 1.77 bits per heavy atom. The molecule has 116 valence electrons. The number of rotatable bonds is 4. The number of ether oxygens (including phenoxy) is 1. The fourth-order valence-corrected chi connectivity index (χ4v) is 1.89. The second kappa shape index (κ2) is 6.09. The fraction of sp³-hybridized carbons (Fsp3) is 0.188. The summed E-state index contributed by atoms with van der Waals surface area (Å²) in [6.45, 7) is 1.59. The van der Waals surface area contributed by atoms with E-state index in [0.29, 0.717) is 11.8 Å². The van der Waals surface area contributed by atoms with Gasteiger partial charge in [-0.25, -0.2) is 4.79 Å².